The average Bonchev–Trinajstić information content (AvgIpc) is 2.83. The Morgan fingerprint density at radius 1 is 1.36 bits per heavy atom. The van der Waals surface area contributed by atoms with Crippen molar-refractivity contribution in [2.24, 2.45) is 5.41 Å². The number of likely N-dealkylation sites (tertiary alicyclic amines) is 1. The highest BCUT2D eigenvalue weighted by molar-refractivity contribution is 6.01. The quantitative estimate of drug-likeness (QED) is 0.865. The lowest BCUT2D eigenvalue weighted by atomic mass is 9.60. The van der Waals surface area contributed by atoms with E-state index in [-0.39, 0.29) is 16.9 Å². The highest BCUT2D eigenvalue weighted by Crippen LogP contribution is 2.59. The van der Waals surface area contributed by atoms with Crippen LogP contribution >= 0.6 is 0 Å². The second-order valence-corrected chi connectivity index (χ2v) is 6.78. The minimum atomic E-state index is 0.0134. The number of nitrogens with zero attached hydrogens (tertiary/aromatic N) is 1. The predicted molar refractivity (Wildman–Crippen MR) is 84.0 cm³/mol. The number of fused-ring (bicyclic) bond motifs is 2. The molecule has 1 spiro atoms. The van der Waals surface area contributed by atoms with Crippen LogP contribution < -0.4 is 4.74 Å². The van der Waals surface area contributed by atoms with Crippen molar-refractivity contribution in [1.29, 1.82) is 0 Å². The monoisotopic (exact) mass is 299 g/mol. The van der Waals surface area contributed by atoms with E-state index < -0.39 is 0 Å². The largest absolute Gasteiger partial charge is 0.504 e. The number of ketones is 1. The van der Waals surface area contributed by atoms with Gasteiger partial charge in [0.05, 0.1) is 7.11 Å². The highest BCUT2D eigenvalue weighted by Gasteiger charge is 2.53. The number of hydrogen-bond donors (Lipinski definition) is 1. The standard InChI is InChI=1S/C18H21NO3/c1-19-8-7-18-6-5-12(20)10-13(18)16-11(9-15(18)19)3-4-14(22-2)17(16)21/h3-4,10,15,21H,5-9H2,1-2H3/t15-,18+/m0/s1. The number of carbonyl (C=O) groups is 1. The maximum atomic E-state index is 12.1. The Bertz CT molecular complexity index is 694. The topological polar surface area (TPSA) is 49.8 Å². The zero-order valence-electron chi connectivity index (χ0n) is 13.1. The number of likely N-dealkylation sites (N-methyl/N-ethyl adjacent to an activating group) is 1. The summed E-state index contributed by atoms with van der Waals surface area (Å²) >= 11 is 0. The molecule has 0 amide bonds. The number of carbonyl (C=O) groups excluding carboxylic acids is 1. The smallest absolute Gasteiger partial charge is 0.165 e. The minimum absolute atomic E-state index is 0.0134. The molecule has 1 fully saturated rings. The van der Waals surface area contributed by atoms with Gasteiger partial charge in [0.1, 0.15) is 0 Å². The summed E-state index contributed by atoms with van der Waals surface area (Å²) in [6.07, 6.45) is 5.28. The molecule has 4 heteroatoms. The maximum absolute atomic E-state index is 12.1. The Morgan fingerprint density at radius 3 is 2.95 bits per heavy atom. The molecule has 2 aliphatic carbocycles. The van der Waals surface area contributed by atoms with Gasteiger partial charge in [-0.25, -0.2) is 0 Å². The number of aromatic hydroxyl groups is 1. The molecule has 4 nitrogen and oxygen atoms in total. The number of phenolic OH excluding ortho intramolecular Hbond substituents is 1. The SMILES string of the molecule is COc1ccc2c(c1O)C1=CC(=O)CC[C@@]13CCN(C)[C@H]3C2. The van der Waals surface area contributed by atoms with Gasteiger partial charge in [-0.3, -0.25) is 4.79 Å². The molecule has 22 heavy (non-hydrogen) atoms. The van der Waals surface area contributed by atoms with Crippen LogP contribution in [0.3, 0.4) is 0 Å². The van der Waals surface area contributed by atoms with Crippen molar-refractivity contribution in [1.82, 2.24) is 4.90 Å². The third kappa shape index (κ3) is 1.64. The fourth-order valence-corrected chi connectivity index (χ4v) is 4.71. The summed E-state index contributed by atoms with van der Waals surface area (Å²) in [4.78, 5) is 14.5. The van der Waals surface area contributed by atoms with Gasteiger partial charge in [-0.2, -0.15) is 0 Å². The molecule has 3 aliphatic rings. The number of methoxy groups -OCH3 is 1. The number of phenols is 1. The minimum Gasteiger partial charge on any atom is -0.504 e. The molecule has 0 aromatic heterocycles. The molecule has 4 rings (SSSR count). The summed E-state index contributed by atoms with van der Waals surface area (Å²) in [6, 6.07) is 4.28. The van der Waals surface area contributed by atoms with Crippen molar-refractivity contribution >= 4 is 11.4 Å². The lowest BCUT2D eigenvalue weighted by Gasteiger charge is -2.46. The molecule has 1 aliphatic heterocycles. The van der Waals surface area contributed by atoms with Crippen molar-refractivity contribution < 1.29 is 14.6 Å². The predicted octanol–water partition coefficient (Wildman–Crippen LogP) is 2.39. The summed E-state index contributed by atoms with van der Waals surface area (Å²) in [5.41, 5.74) is 3.02. The molecular weight excluding hydrogens is 278 g/mol. The van der Waals surface area contributed by atoms with E-state index in [9.17, 15) is 9.90 Å². The first-order valence-corrected chi connectivity index (χ1v) is 7.91. The van der Waals surface area contributed by atoms with E-state index in [1.807, 2.05) is 12.1 Å². The van der Waals surface area contributed by atoms with Gasteiger partial charge in [0.2, 0.25) is 0 Å². The van der Waals surface area contributed by atoms with E-state index in [1.54, 1.807) is 13.2 Å². The zero-order chi connectivity index (χ0) is 15.5. The van der Waals surface area contributed by atoms with Crippen LogP contribution in [0, 0.1) is 5.41 Å². The van der Waals surface area contributed by atoms with Crippen LogP contribution in [0.2, 0.25) is 0 Å². The Morgan fingerprint density at radius 2 is 2.18 bits per heavy atom. The summed E-state index contributed by atoms with van der Waals surface area (Å²) < 4.78 is 5.28. The van der Waals surface area contributed by atoms with Crippen molar-refractivity contribution in [3.63, 3.8) is 0 Å². The van der Waals surface area contributed by atoms with Crippen molar-refractivity contribution in [3.8, 4) is 11.5 Å². The molecule has 116 valence electrons. The van der Waals surface area contributed by atoms with Crippen molar-refractivity contribution in [2.75, 3.05) is 20.7 Å². The van der Waals surface area contributed by atoms with E-state index in [0.29, 0.717) is 18.2 Å². The first-order valence-electron chi connectivity index (χ1n) is 7.91. The average molecular weight is 299 g/mol. The number of ether oxygens (including phenoxy) is 1. The van der Waals surface area contributed by atoms with Crippen LogP contribution in [0.4, 0.5) is 0 Å². The molecule has 2 atom stereocenters. The Kier molecular flexibility index (Phi) is 2.89. The molecule has 0 radical (unpaired) electrons. The fraction of sp³-hybridized carbons (Fsp3) is 0.500. The second kappa shape index (κ2) is 4.59. The molecule has 1 N–H and O–H groups in total. The summed E-state index contributed by atoms with van der Waals surface area (Å²) in [5, 5.41) is 10.7. The van der Waals surface area contributed by atoms with Gasteiger partial charge in [0.25, 0.3) is 0 Å². The summed E-state index contributed by atoms with van der Waals surface area (Å²) in [5.74, 6) is 0.843. The highest BCUT2D eigenvalue weighted by atomic mass is 16.5. The maximum Gasteiger partial charge on any atom is 0.165 e. The number of hydrogen-bond acceptors (Lipinski definition) is 4. The lowest BCUT2D eigenvalue weighted by Crippen LogP contribution is -2.45. The molecule has 1 heterocycles. The number of allylic oxidation sites excluding steroid dienone is 1. The van der Waals surface area contributed by atoms with Gasteiger partial charge >= 0.3 is 0 Å². The third-order valence-electron chi connectivity index (χ3n) is 5.87. The van der Waals surface area contributed by atoms with Crippen LogP contribution in [0.15, 0.2) is 18.2 Å². The van der Waals surface area contributed by atoms with E-state index in [0.717, 1.165) is 42.5 Å². The van der Waals surface area contributed by atoms with Crippen LogP contribution in [0.1, 0.15) is 30.4 Å². The second-order valence-electron chi connectivity index (χ2n) is 6.78. The van der Waals surface area contributed by atoms with Crippen molar-refractivity contribution in [3.05, 3.63) is 29.3 Å². The molecule has 1 saturated heterocycles. The van der Waals surface area contributed by atoms with E-state index in [4.69, 9.17) is 4.74 Å². The molecule has 0 saturated carbocycles. The van der Waals surface area contributed by atoms with Gasteiger partial charge in [0, 0.05) is 23.4 Å². The van der Waals surface area contributed by atoms with E-state index >= 15 is 0 Å². The van der Waals surface area contributed by atoms with E-state index in [2.05, 4.69) is 11.9 Å². The molecular formula is C18H21NO3. The first-order chi connectivity index (χ1) is 10.6. The first kappa shape index (κ1) is 13.8. The van der Waals surface area contributed by atoms with Gasteiger partial charge in [0.15, 0.2) is 17.3 Å². The van der Waals surface area contributed by atoms with E-state index in [1.165, 1.54) is 0 Å². The number of benzene rings is 1. The Labute approximate surface area is 130 Å². The van der Waals surface area contributed by atoms with Crippen LogP contribution in [-0.2, 0) is 11.2 Å². The fourth-order valence-electron chi connectivity index (χ4n) is 4.71. The molecule has 1 aromatic rings. The summed E-state index contributed by atoms with van der Waals surface area (Å²) in [6.45, 7) is 1.04. The lowest BCUT2D eigenvalue weighted by molar-refractivity contribution is -0.115. The third-order valence-corrected chi connectivity index (χ3v) is 5.87. The molecule has 0 bridgehead atoms. The van der Waals surface area contributed by atoms with Gasteiger partial charge < -0.3 is 14.7 Å². The Balaban J connectivity index is 1.98. The summed E-state index contributed by atoms with van der Waals surface area (Å²) in [7, 11) is 3.73. The molecule has 0 unspecified atom stereocenters. The van der Waals surface area contributed by atoms with Gasteiger partial charge in [-0.1, -0.05) is 6.07 Å². The van der Waals surface area contributed by atoms with Crippen LogP contribution in [0.5, 0.6) is 11.5 Å². The zero-order valence-corrected chi connectivity index (χ0v) is 13.1. The Hall–Kier alpha value is -1.81. The van der Waals surface area contributed by atoms with Crippen LogP contribution in [-0.4, -0.2) is 42.5 Å². The van der Waals surface area contributed by atoms with Gasteiger partial charge in [-0.15, -0.1) is 0 Å². The normalized spacial score (nSPS) is 30.4. The van der Waals surface area contributed by atoms with Gasteiger partial charge in [-0.05, 0) is 56.1 Å². The number of rotatable bonds is 1. The molecule has 1 aromatic carbocycles. The van der Waals surface area contributed by atoms with Crippen molar-refractivity contribution in [2.45, 2.75) is 31.7 Å². The van der Waals surface area contributed by atoms with Crippen LogP contribution in [0.25, 0.3) is 5.57 Å².